The van der Waals surface area contributed by atoms with Crippen LogP contribution in [0.3, 0.4) is 0 Å². The third kappa shape index (κ3) is 6.26. The molecule has 1 aromatic carbocycles. The first kappa shape index (κ1) is 19.0. The minimum atomic E-state index is -0.332. The lowest BCUT2D eigenvalue weighted by molar-refractivity contribution is -0.118. The van der Waals surface area contributed by atoms with Gasteiger partial charge in [0.1, 0.15) is 18.2 Å². The first-order chi connectivity index (χ1) is 12.1. The van der Waals surface area contributed by atoms with Gasteiger partial charge < -0.3 is 15.9 Å². The SMILES string of the molecule is CCCCCNC(=O)CSc1nnc(COc2ccc(F)cc2)n1N. The summed E-state index contributed by atoms with van der Waals surface area (Å²) >= 11 is 1.21. The summed E-state index contributed by atoms with van der Waals surface area (Å²) in [6.07, 6.45) is 3.19. The van der Waals surface area contributed by atoms with Crippen LogP contribution in [0.4, 0.5) is 4.39 Å². The van der Waals surface area contributed by atoms with E-state index in [4.69, 9.17) is 10.6 Å². The van der Waals surface area contributed by atoms with Gasteiger partial charge in [-0.1, -0.05) is 31.5 Å². The number of nitrogen functional groups attached to an aromatic ring is 1. The Morgan fingerprint density at radius 1 is 1.32 bits per heavy atom. The predicted molar refractivity (Wildman–Crippen MR) is 94.2 cm³/mol. The Balaban J connectivity index is 1.78. The highest BCUT2D eigenvalue weighted by Gasteiger charge is 2.12. The number of amides is 1. The molecule has 0 atom stereocenters. The van der Waals surface area contributed by atoms with Crippen molar-refractivity contribution < 1.29 is 13.9 Å². The van der Waals surface area contributed by atoms with Gasteiger partial charge in [0.15, 0.2) is 5.82 Å². The van der Waals surface area contributed by atoms with Crippen molar-refractivity contribution in [3.8, 4) is 5.75 Å². The summed E-state index contributed by atoms with van der Waals surface area (Å²) in [5, 5.41) is 11.2. The van der Waals surface area contributed by atoms with Gasteiger partial charge in [0, 0.05) is 6.54 Å². The van der Waals surface area contributed by atoms with Gasteiger partial charge in [0.05, 0.1) is 5.75 Å². The zero-order valence-corrected chi connectivity index (χ0v) is 14.9. The fourth-order valence-corrected chi connectivity index (χ4v) is 2.67. The van der Waals surface area contributed by atoms with Crippen molar-refractivity contribution in [3.05, 3.63) is 35.9 Å². The zero-order valence-electron chi connectivity index (χ0n) is 14.1. The number of benzene rings is 1. The van der Waals surface area contributed by atoms with Gasteiger partial charge >= 0.3 is 0 Å². The second kappa shape index (κ2) is 9.87. The molecule has 1 heterocycles. The van der Waals surface area contributed by atoms with Crippen LogP contribution in [0.2, 0.25) is 0 Å². The van der Waals surface area contributed by atoms with E-state index in [1.54, 1.807) is 0 Å². The number of hydrogen-bond donors (Lipinski definition) is 2. The van der Waals surface area contributed by atoms with Crippen molar-refractivity contribution in [2.24, 2.45) is 0 Å². The highest BCUT2D eigenvalue weighted by molar-refractivity contribution is 7.99. The molecule has 0 aliphatic heterocycles. The molecule has 0 fully saturated rings. The molecule has 0 saturated heterocycles. The van der Waals surface area contributed by atoms with Gasteiger partial charge in [0.25, 0.3) is 0 Å². The van der Waals surface area contributed by atoms with Crippen LogP contribution < -0.4 is 15.9 Å². The van der Waals surface area contributed by atoms with E-state index in [0.29, 0.717) is 23.3 Å². The molecule has 0 saturated carbocycles. The maximum Gasteiger partial charge on any atom is 0.230 e. The van der Waals surface area contributed by atoms with Crippen LogP contribution in [0.25, 0.3) is 0 Å². The number of unbranched alkanes of at least 4 members (excludes halogenated alkanes) is 2. The van der Waals surface area contributed by atoms with Gasteiger partial charge in [-0.25, -0.2) is 9.07 Å². The molecule has 2 rings (SSSR count). The third-order valence-electron chi connectivity index (χ3n) is 3.35. The number of aromatic nitrogens is 3. The Labute approximate surface area is 150 Å². The lowest BCUT2D eigenvalue weighted by Crippen LogP contribution is -2.26. The molecule has 25 heavy (non-hydrogen) atoms. The van der Waals surface area contributed by atoms with Crippen molar-refractivity contribution >= 4 is 17.7 Å². The number of carbonyl (C=O) groups excluding carboxylic acids is 1. The first-order valence-corrected chi connectivity index (χ1v) is 9.06. The molecule has 1 aromatic heterocycles. The number of carbonyl (C=O) groups is 1. The standard InChI is InChI=1S/C16H22FN5O2S/c1-2-3-4-9-19-15(23)11-25-16-21-20-14(22(16)18)10-24-13-7-5-12(17)6-8-13/h5-8H,2-4,9-11,18H2,1H3,(H,19,23). The van der Waals surface area contributed by atoms with E-state index in [0.717, 1.165) is 19.3 Å². The van der Waals surface area contributed by atoms with E-state index in [9.17, 15) is 9.18 Å². The number of halogens is 1. The maximum atomic E-state index is 12.8. The molecule has 0 bridgehead atoms. The Morgan fingerprint density at radius 3 is 2.80 bits per heavy atom. The van der Waals surface area contributed by atoms with Crippen molar-refractivity contribution in [2.75, 3.05) is 18.1 Å². The van der Waals surface area contributed by atoms with Crippen LogP contribution in [0.15, 0.2) is 29.4 Å². The van der Waals surface area contributed by atoms with E-state index in [-0.39, 0.29) is 24.1 Å². The molecule has 7 nitrogen and oxygen atoms in total. The van der Waals surface area contributed by atoms with Gasteiger partial charge in [-0.3, -0.25) is 4.79 Å². The molecule has 0 spiro atoms. The van der Waals surface area contributed by atoms with Gasteiger partial charge in [-0.2, -0.15) is 0 Å². The van der Waals surface area contributed by atoms with Crippen molar-refractivity contribution in [2.45, 2.75) is 37.9 Å². The molecule has 1 amide bonds. The molecule has 0 unspecified atom stereocenters. The van der Waals surface area contributed by atoms with Crippen LogP contribution in [-0.4, -0.2) is 33.1 Å². The van der Waals surface area contributed by atoms with Crippen LogP contribution in [-0.2, 0) is 11.4 Å². The molecule has 3 N–H and O–H groups in total. The first-order valence-electron chi connectivity index (χ1n) is 8.07. The second-order valence-corrected chi connectivity index (χ2v) is 6.30. The van der Waals surface area contributed by atoms with Gasteiger partial charge in [0.2, 0.25) is 11.1 Å². The summed E-state index contributed by atoms with van der Waals surface area (Å²) in [7, 11) is 0. The number of nitrogens with two attached hydrogens (primary N) is 1. The summed E-state index contributed by atoms with van der Waals surface area (Å²) in [5.41, 5.74) is 0. The highest BCUT2D eigenvalue weighted by Crippen LogP contribution is 2.16. The summed E-state index contributed by atoms with van der Waals surface area (Å²) in [5.74, 6) is 6.66. The minimum Gasteiger partial charge on any atom is -0.486 e. The Morgan fingerprint density at radius 2 is 2.08 bits per heavy atom. The van der Waals surface area contributed by atoms with Crippen LogP contribution in [0.5, 0.6) is 5.75 Å². The second-order valence-electron chi connectivity index (χ2n) is 5.36. The smallest absolute Gasteiger partial charge is 0.230 e. The third-order valence-corrected chi connectivity index (χ3v) is 4.29. The summed E-state index contributed by atoms with van der Waals surface area (Å²) in [6.45, 7) is 2.89. The van der Waals surface area contributed by atoms with Crippen LogP contribution in [0.1, 0.15) is 32.0 Å². The quantitative estimate of drug-likeness (QED) is 0.379. The predicted octanol–water partition coefficient (Wildman–Crippen LogP) is 2.11. The molecule has 0 radical (unpaired) electrons. The molecule has 9 heteroatoms. The number of nitrogens with one attached hydrogen (secondary N) is 1. The lowest BCUT2D eigenvalue weighted by atomic mass is 10.2. The van der Waals surface area contributed by atoms with E-state index in [2.05, 4.69) is 22.4 Å². The largest absolute Gasteiger partial charge is 0.486 e. The van der Waals surface area contributed by atoms with E-state index in [1.165, 1.54) is 40.7 Å². The monoisotopic (exact) mass is 367 g/mol. The molecular formula is C16H22FN5O2S. The van der Waals surface area contributed by atoms with E-state index in [1.807, 2.05) is 0 Å². The molecule has 2 aromatic rings. The fourth-order valence-electron chi connectivity index (χ4n) is 1.97. The fraction of sp³-hybridized carbons (Fsp3) is 0.438. The van der Waals surface area contributed by atoms with Crippen molar-refractivity contribution in [3.63, 3.8) is 0 Å². The summed E-state index contributed by atoms with van der Waals surface area (Å²) in [4.78, 5) is 11.8. The number of nitrogens with zero attached hydrogens (tertiary/aromatic N) is 3. The van der Waals surface area contributed by atoms with Gasteiger partial charge in [-0.15, -0.1) is 10.2 Å². The molecular weight excluding hydrogens is 345 g/mol. The molecule has 0 aliphatic rings. The number of thioether (sulfide) groups is 1. The Hall–Kier alpha value is -2.29. The highest BCUT2D eigenvalue weighted by atomic mass is 32.2. The zero-order chi connectivity index (χ0) is 18.1. The Bertz CT molecular complexity index is 678. The average Bonchev–Trinajstić information content (AvgIpc) is 2.96. The van der Waals surface area contributed by atoms with Gasteiger partial charge in [-0.05, 0) is 30.7 Å². The number of ether oxygens (including phenoxy) is 1. The summed E-state index contributed by atoms with van der Waals surface area (Å²) < 4.78 is 19.6. The van der Waals surface area contributed by atoms with Crippen molar-refractivity contribution in [1.29, 1.82) is 0 Å². The minimum absolute atomic E-state index is 0.0618. The average molecular weight is 367 g/mol. The lowest BCUT2D eigenvalue weighted by Gasteiger charge is -2.06. The maximum absolute atomic E-state index is 12.8. The summed E-state index contributed by atoms with van der Waals surface area (Å²) in [6, 6.07) is 5.65. The Kier molecular flexibility index (Phi) is 7.52. The van der Waals surface area contributed by atoms with Crippen LogP contribution in [0, 0.1) is 5.82 Å². The number of hydrogen-bond acceptors (Lipinski definition) is 6. The number of rotatable bonds is 10. The van der Waals surface area contributed by atoms with E-state index >= 15 is 0 Å². The molecule has 136 valence electrons. The van der Waals surface area contributed by atoms with Crippen LogP contribution >= 0.6 is 11.8 Å². The topological polar surface area (TPSA) is 95.1 Å². The normalized spacial score (nSPS) is 10.6. The molecule has 0 aliphatic carbocycles. The van der Waals surface area contributed by atoms with E-state index < -0.39 is 0 Å². The van der Waals surface area contributed by atoms with Crippen molar-refractivity contribution in [1.82, 2.24) is 20.2 Å².